The molecule has 1 saturated heterocycles. The minimum atomic E-state index is -0.116. The summed E-state index contributed by atoms with van der Waals surface area (Å²) in [5, 5.41) is 9.66. The summed E-state index contributed by atoms with van der Waals surface area (Å²) in [6.45, 7) is 1.46. The number of carbonyl (C=O) groups is 1. The standard InChI is InChI=1S/C21H18N6O2S/c1-30-21-23-10-17-18(25-21)26-7-3-6-16(26)11-27(20(17)28)15-5-2-4-13(8-15)19-24-14(9-22)12-29-19/h2,4-5,8,10,12,16H,3,6-7,11H2,1H3/t16-/m0/s1. The predicted molar refractivity (Wildman–Crippen MR) is 113 cm³/mol. The van der Waals surface area contributed by atoms with E-state index in [0.717, 1.165) is 30.9 Å². The van der Waals surface area contributed by atoms with Crippen molar-refractivity contribution < 1.29 is 9.21 Å². The van der Waals surface area contributed by atoms with Crippen LogP contribution in [-0.2, 0) is 0 Å². The molecule has 0 bridgehead atoms. The summed E-state index contributed by atoms with van der Waals surface area (Å²) in [5.41, 5.74) is 2.20. The second-order valence-electron chi connectivity index (χ2n) is 7.20. The Kier molecular flexibility index (Phi) is 4.64. The van der Waals surface area contributed by atoms with Gasteiger partial charge in [-0.1, -0.05) is 17.8 Å². The molecule has 1 atom stereocenters. The van der Waals surface area contributed by atoms with Crippen LogP contribution in [0.1, 0.15) is 28.9 Å². The Morgan fingerprint density at radius 3 is 3.03 bits per heavy atom. The lowest BCUT2D eigenvalue weighted by Crippen LogP contribution is -2.39. The van der Waals surface area contributed by atoms with Crippen LogP contribution in [0.5, 0.6) is 0 Å². The van der Waals surface area contributed by atoms with E-state index >= 15 is 0 Å². The van der Waals surface area contributed by atoms with Gasteiger partial charge in [0, 0.05) is 36.6 Å². The fourth-order valence-electron chi connectivity index (χ4n) is 4.06. The zero-order valence-corrected chi connectivity index (χ0v) is 17.1. The van der Waals surface area contributed by atoms with Crippen molar-refractivity contribution in [3.8, 4) is 17.5 Å². The lowest BCUT2D eigenvalue weighted by atomic mass is 10.1. The second kappa shape index (κ2) is 7.46. The first-order valence-electron chi connectivity index (χ1n) is 9.63. The van der Waals surface area contributed by atoms with Crippen molar-refractivity contribution in [3.05, 3.63) is 48.0 Å². The number of nitriles is 1. The molecule has 2 aliphatic rings. The van der Waals surface area contributed by atoms with E-state index in [2.05, 4.69) is 19.9 Å². The highest BCUT2D eigenvalue weighted by molar-refractivity contribution is 7.98. The van der Waals surface area contributed by atoms with Crippen molar-refractivity contribution in [2.24, 2.45) is 0 Å². The van der Waals surface area contributed by atoms with Crippen molar-refractivity contribution in [1.82, 2.24) is 15.0 Å². The average molecular weight is 418 g/mol. The van der Waals surface area contributed by atoms with Gasteiger partial charge >= 0.3 is 0 Å². The van der Waals surface area contributed by atoms with Crippen LogP contribution in [0.4, 0.5) is 11.5 Å². The Morgan fingerprint density at radius 1 is 1.33 bits per heavy atom. The van der Waals surface area contributed by atoms with Crippen LogP contribution in [0.25, 0.3) is 11.5 Å². The van der Waals surface area contributed by atoms with Crippen LogP contribution in [0.3, 0.4) is 0 Å². The minimum Gasteiger partial charge on any atom is -0.443 e. The van der Waals surface area contributed by atoms with Gasteiger partial charge < -0.3 is 14.2 Å². The van der Waals surface area contributed by atoms with E-state index < -0.39 is 0 Å². The van der Waals surface area contributed by atoms with Gasteiger partial charge in [-0.3, -0.25) is 4.79 Å². The topological polar surface area (TPSA) is 99.2 Å². The first kappa shape index (κ1) is 18.6. The summed E-state index contributed by atoms with van der Waals surface area (Å²) in [4.78, 5) is 30.7. The molecule has 0 N–H and O–H groups in total. The van der Waals surface area contributed by atoms with E-state index in [1.54, 1.807) is 11.1 Å². The molecule has 0 saturated carbocycles. The van der Waals surface area contributed by atoms with Gasteiger partial charge in [0.05, 0.1) is 0 Å². The van der Waals surface area contributed by atoms with E-state index in [0.29, 0.717) is 28.7 Å². The van der Waals surface area contributed by atoms with Gasteiger partial charge in [-0.15, -0.1) is 0 Å². The molecule has 8 nitrogen and oxygen atoms in total. The summed E-state index contributed by atoms with van der Waals surface area (Å²) < 4.78 is 5.42. The largest absolute Gasteiger partial charge is 0.443 e. The maximum absolute atomic E-state index is 13.5. The maximum Gasteiger partial charge on any atom is 0.263 e. The molecule has 1 aromatic carbocycles. The molecule has 5 rings (SSSR count). The van der Waals surface area contributed by atoms with Gasteiger partial charge in [-0.25, -0.2) is 9.97 Å². The van der Waals surface area contributed by atoms with E-state index in [-0.39, 0.29) is 17.6 Å². The molecule has 30 heavy (non-hydrogen) atoms. The van der Waals surface area contributed by atoms with Crippen molar-refractivity contribution in [3.63, 3.8) is 0 Å². The summed E-state index contributed by atoms with van der Waals surface area (Å²) in [6.07, 6.45) is 6.97. The third-order valence-corrected chi connectivity index (χ3v) is 6.03. The molecular weight excluding hydrogens is 400 g/mol. The highest BCUT2D eigenvalue weighted by Gasteiger charge is 2.37. The smallest absolute Gasteiger partial charge is 0.263 e. The van der Waals surface area contributed by atoms with Crippen molar-refractivity contribution in [2.45, 2.75) is 24.0 Å². The van der Waals surface area contributed by atoms with Crippen LogP contribution in [0.15, 0.2) is 46.3 Å². The van der Waals surface area contributed by atoms with Gasteiger partial charge in [0.15, 0.2) is 10.9 Å². The second-order valence-corrected chi connectivity index (χ2v) is 7.97. The Labute approximate surface area is 177 Å². The number of hydrogen-bond acceptors (Lipinski definition) is 8. The quantitative estimate of drug-likeness (QED) is 0.472. The zero-order valence-electron chi connectivity index (χ0n) is 16.3. The highest BCUT2D eigenvalue weighted by Crippen LogP contribution is 2.35. The Bertz CT molecular complexity index is 1170. The number of benzene rings is 1. The molecule has 1 fully saturated rings. The Hall–Kier alpha value is -3.38. The molecule has 0 aliphatic carbocycles. The van der Waals surface area contributed by atoms with Crippen molar-refractivity contribution in [2.75, 3.05) is 29.1 Å². The number of amides is 1. The number of oxazole rings is 1. The molecule has 150 valence electrons. The number of thioether (sulfide) groups is 1. The molecule has 9 heteroatoms. The Morgan fingerprint density at radius 2 is 2.23 bits per heavy atom. The van der Waals surface area contributed by atoms with E-state index in [1.807, 2.05) is 36.6 Å². The minimum absolute atomic E-state index is 0.116. The SMILES string of the molecule is CSc1ncc2c(n1)N1CCC[C@H]1CN(c1cccc(-c3nc(C#N)co3)c1)C2=O. The van der Waals surface area contributed by atoms with Gasteiger partial charge in [0.2, 0.25) is 5.89 Å². The lowest BCUT2D eigenvalue weighted by Gasteiger charge is -2.27. The average Bonchev–Trinajstić information content (AvgIpc) is 3.44. The fraction of sp³-hybridized carbons (Fsp3) is 0.286. The number of carbonyl (C=O) groups excluding carboxylic acids is 1. The van der Waals surface area contributed by atoms with Crippen LogP contribution in [0.2, 0.25) is 0 Å². The number of anilines is 2. The first-order chi connectivity index (χ1) is 14.7. The third-order valence-electron chi connectivity index (χ3n) is 5.47. The fourth-order valence-corrected chi connectivity index (χ4v) is 4.39. The normalized spacial score (nSPS) is 18.0. The van der Waals surface area contributed by atoms with Crippen LogP contribution < -0.4 is 9.80 Å². The predicted octanol–water partition coefficient (Wildman–Crippen LogP) is 3.35. The maximum atomic E-state index is 13.5. The molecule has 4 heterocycles. The molecule has 3 aromatic rings. The molecule has 2 aromatic heterocycles. The van der Waals surface area contributed by atoms with E-state index in [4.69, 9.17) is 9.68 Å². The molecule has 0 unspecified atom stereocenters. The van der Waals surface area contributed by atoms with Crippen molar-refractivity contribution >= 4 is 29.2 Å². The molecule has 2 aliphatic heterocycles. The highest BCUT2D eigenvalue weighted by atomic mass is 32.2. The summed E-state index contributed by atoms with van der Waals surface area (Å²) >= 11 is 1.47. The molecule has 0 radical (unpaired) electrons. The number of fused-ring (bicyclic) bond motifs is 3. The lowest BCUT2D eigenvalue weighted by molar-refractivity contribution is 0.0988. The van der Waals surface area contributed by atoms with Crippen LogP contribution >= 0.6 is 11.8 Å². The number of rotatable bonds is 3. The number of hydrogen-bond donors (Lipinski definition) is 0. The third kappa shape index (κ3) is 3.09. The van der Waals surface area contributed by atoms with Gasteiger partial charge in [0.1, 0.15) is 23.7 Å². The van der Waals surface area contributed by atoms with Crippen molar-refractivity contribution in [1.29, 1.82) is 5.26 Å². The summed E-state index contributed by atoms with van der Waals surface area (Å²) in [7, 11) is 0. The summed E-state index contributed by atoms with van der Waals surface area (Å²) in [5.74, 6) is 0.965. The molecule has 1 amide bonds. The number of aromatic nitrogens is 3. The van der Waals surface area contributed by atoms with E-state index in [9.17, 15) is 4.79 Å². The van der Waals surface area contributed by atoms with Crippen LogP contribution in [0, 0.1) is 11.3 Å². The first-order valence-corrected chi connectivity index (χ1v) is 10.9. The van der Waals surface area contributed by atoms with Gasteiger partial charge in [0.25, 0.3) is 5.91 Å². The van der Waals surface area contributed by atoms with Gasteiger partial charge in [-0.2, -0.15) is 10.2 Å². The molecular formula is C21H18N6O2S. The van der Waals surface area contributed by atoms with E-state index in [1.165, 1.54) is 18.0 Å². The number of nitrogens with zero attached hydrogens (tertiary/aromatic N) is 6. The monoisotopic (exact) mass is 418 g/mol. The summed E-state index contributed by atoms with van der Waals surface area (Å²) in [6, 6.07) is 9.65. The molecule has 0 spiro atoms. The zero-order chi connectivity index (χ0) is 20.7. The van der Waals surface area contributed by atoms with Gasteiger partial charge in [-0.05, 0) is 37.3 Å². The Balaban J connectivity index is 1.57. The van der Waals surface area contributed by atoms with Crippen LogP contribution in [-0.4, -0.2) is 46.2 Å².